The SMILES string of the molecule is CCOC(=O)c1cc2n(n1)C[C@](C)(C(=O)NCc1ccc(C)cc1)N(c1ccc(C)cc1C)C2=O. The number of carbonyl (C=O) groups is 3. The zero-order chi connectivity index (χ0) is 25.3. The van der Waals surface area contributed by atoms with Crippen molar-refractivity contribution in [2.75, 3.05) is 11.5 Å². The molecule has 0 unspecified atom stereocenters. The molecule has 1 N–H and O–H groups in total. The molecule has 0 saturated heterocycles. The third-order valence-electron chi connectivity index (χ3n) is 6.29. The maximum absolute atomic E-state index is 13.8. The van der Waals surface area contributed by atoms with E-state index in [2.05, 4.69) is 10.4 Å². The van der Waals surface area contributed by atoms with E-state index in [1.54, 1.807) is 13.8 Å². The van der Waals surface area contributed by atoms with Gasteiger partial charge in [-0.3, -0.25) is 19.2 Å². The second-order valence-electron chi connectivity index (χ2n) is 9.17. The number of nitrogens with zero attached hydrogens (tertiary/aromatic N) is 3. The van der Waals surface area contributed by atoms with Gasteiger partial charge in [-0.05, 0) is 51.8 Å². The van der Waals surface area contributed by atoms with Crippen LogP contribution in [0.2, 0.25) is 0 Å². The number of benzene rings is 2. The van der Waals surface area contributed by atoms with Crippen molar-refractivity contribution in [2.45, 2.75) is 53.2 Å². The van der Waals surface area contributed by atoms with Gasteiger partial charge < -0.3 is 10.1 Å². The molecule has 0 radical (unpaired) electrons. The highest BCUT2D eigenvalue weighted by molar-refractivity contribution is 6.12. The van der Waals surface area contributed by atoms with Crippen LogP contribution in [0.4, 0.5) is 5.69 Å². The lowest BCUT2D eigenvalue weighted by Gasteiger charge is -2.43. The lowest BCUT2D eigenvalue weighted by Crippen LogP contribution is -2.64. The smallest absolute Gasteiger partial charge is 0.358 e. The second-order valence-corrected chi connectivity index (χ2v) is 9.17. The Bertz CT molecular complexity index is 1300. The standard InChI is InChI=1S/C27H30N4O4/c1-6-35-25(33)21-14-23-24(32)31(22-12-9-18(3)13-19(22)4)27(5,16-30(23)29-21)26(34)28-15-20-10-7-17(2)8-11-20/h7-14H,6,15-16H2,1-5H3,(H,28,34)/t27-/m1/s1. The Morgan fingerprint density at radius 2 is 1.74 bits per heavy atom. The Morgan fingerprint density at radius 1 is 1.06 bits per heavy atom. The van der Waals surface area contributed by atoms with Gasteiger partial charge in [0.2, 0.25) is 5.91 Å². The van der Waals surface area contributed by atoms with Gasteiger partial charge in [-0.25, -0.2) is 4.79 Å². The zero-order valence-corrected chi connectivity index (χ0v) is 20.7. The molecule has 3 aromatic rings. The van der Waals surface area contributed by atoms with E-state index in [0.717, 1.165) is 22.3 Å². The van der Waals surface area contributed by atoms with Gasteiger partial charge in [-0.2, -0.15) is 5.10 Å². The van der Waals surface area contributed by atoms with E-state index in [-0.39, 0.29) is 30.4 Å². The molecule has 2 heterocycles. The highest BCUT2D eigenvalue weighted by Crippen LogP contribution is 2.35. The second kappa shape index (κ2) is 9.37. The fraction of sp³-hybridized carbons (Fsp3) is 0.333. The van der Waals surface area contributed by atoms with E-state index in [0.29, 0.717) is 12.2 Å². The molecule has 35 heavy (non-hydrogen) atoms. The number of carbonyl (C=O) groups excluding carboxylic acids is 3. The van der Waals surface area contributed by atoms with Gasteiger partial charge in [-0.15, -0.1) is 0 Å². The van der Waals surface area contributed by atoms with Crippen LogP contribution < -0.4 is 10.2 Å². The van der Waals surface area contributed by atoms with Crippen LogP contribution in [-0.2, 0) is 22.6 Å². The Labute approximate surface area is 204 Å². The largest absolute Gasteiger partial charge is 0.461 e. The third kappa shape index (κ3) is 4.56. The predicted molar refractivity (Wildman–Crippen MR) is 132 cm³/mol. The third-order valence-corrected chi connectivity index (χ3v) is 6.29. The van der Waals surface area contributed by atoms with Crippen molar-refractivity contribution in [3.8, 4) is 0 Å². The monoisotopic (exact) mass is 474 g/mol. The van der Waals surface area contributed by atoms with Crippen molar-refractivity contribution in [1.29, 1.82) is 0 Å². The fourth-order valence-electron chi connectivity index (χ4n) is 4.40. The molecule has 0 aliphatic carbocycles. The molecule has 8 nitrogen and oxygen atoms in total. The van der Waals surface area contributed by atoms with E-state index in [1.165, 1.54) is 15.6 Å². The van der Waals surface area contributed by atoms with Gasteiger partial charge in [-0.1, -0.05) is 47.5 Å². The van der Waals surface area contributed by atoms with Crippen LogP contribution in [0.1, 0.15) is 57.1 Å². The maximum atomic E-state index is 13.8. The predicted octanol–water partition coefficient (Wildman–Crippen LogP) is 3.72. The van der Waals surface area contributed by atoms with E-state index in [4.69, 9.17) is 4.74 Å². The molecular weight excluding hydrogens is 444 g/mol. The van der Waals surface area contributed by atoms with E-state index in [1.807, 2.05) is 63.2 Å². The molecule has 1 aliphatic heterocycles. The summed E-state index contributed by atoms with van der Waals surface area (Å²) in [5.41, 5.74) is 3.64. The highest BCUT2D eigenvalue weighted by atomic mass is 16.5. The summed E-state index contributed by atoms with van der Waals surface area (Å²) in [6.07, 6.45) is 0. The van der Waals surface area contributed by atoms with Crippen LogP contribution in [-0.4, -0.2) is 39.7 Å². The van der Waals surface area contributed by atoms with Crippen molar-refractivity contribution >= 4 is 23.5 Å². The fourth-order valence-corrected chi connectivity index (χ4v) is 4.40. The number of hydrogen-bond donors (Lipinski definition) is 1. The maximum Gasteiger partial charge on any atom is 0.358 e. The van der Waals surface area contributed by atoms with Crippen LogP contribution >= 0.6 is 0 Å². The minimum Gasteiger partial charge on any atom is -0.461 e. The van der Waals surface area contributed by atoms with Crippen LogP contribution in [0.5, 0.6) is 0 Å². The van der Waals surface area contributed by atoms with Gasteiger partial charge in [0, 0.05) is 18.3 Å². The minimum atomic E-state index is -1.28. The number of hydrogen-bond acceptors (Lipinski definition) is 5. The van der Waals surface area contributed by atoms with Gasteiger partial charge in [0.15, 0.2) is 5.69 Å². The van der Waals surface area contributed by atoms with Crippen LogP contribution in [0, 0.1) is 20.8 Å². The Morgan fingerprint density at radius 3 is 2.40 bits per heavy atom. The molecule has 0 fully saturated rings. The first-order chi connectivity index (χ1) is 16.6. The molecule has 8 heteroatoms. The molecule has 1 aromatic heterocycles. The molecule has 4 rings (SSSR count). The number of amides is 2. The minimum absolute atomic E-state index is 0.0418. The number of rotatable bonds is 6. The van der Waals surface area contributed by atoms with Gasteiger partial charge in [0.25, 0.3) is 5.91 Å². The number of ether oxygens (including phenoxy) is 1. The summed E-state index contributed by atoms with van der Waals surface area (Å²) in [5.74, 6) is -1.32. The summed E-state index contributed by atoms with van der Waals surface area (Å²) in [6.45, 7) is 9.93. The summed E-state index contributed by atoms with van der Waals surface area (Å²) >= 11 is 0. The van der Waals surface area contributed by atoms with Crippen molar-refractivity contribution < 1.29 is 19.1 Å². The topological polar surface area (TPSA) is 93.5 Å². The van der Waals surface area contributed by atoms with Crippen LogP contribution in [0.3, 0.4) is 0 Å². The van der Waals surface area contributed by atoms with Gasteiger partial charge in [0.05, 0.1) is 13.2 Å². The number of anilines is 1. The summed E-state index contributed by atoms with van der Waals surface area (Å²) in [6, 6.07) is 15.1. The lowest BCUT2D eigenvalue weighted by molar-refractivity contribution is -0.126. The summed E-state index contributed by atoms with van der Waals surface area (Å²) in [4.78, 5) is 41.3. The molecule has 182 valence electrons. The lowest BCUT2D eigenvalue weighted by atomic mass is 9.92. The Kier molecular flexibility index (Phi) is 6.47. The van der Waals surface area contributed by atoms with Crippen LogP contribution in [0.15, 0.2) is 48.5 Å². The molecular formula is C27H30N4O4. The van der Waals surface area contributed by atoms with Gasteiger partial charge >= 0.3 is 5.97 Å². The molecule has 2 amide bonds. The average Bonchev–Trinajstić information content (AvgIpc) is 3.24. The van der Waals surface area contributed by atoms with Crippen molar-refractivity contribution in [2.24, 2.45) is 0 Å². The average molecular weight is 475 g/mol. The van der Waals surface area contributed by atoms with Gasteiger partial charge in [0.1, 0.15) is 11.2 Å². The zero-order valence-electron chi connectivity index (χ0n) is 20.7. The highest BCUT2D eigenvalue weighted by Gasteiger charge is 2.49. The van der Waals surface area contributed by atoms with E-state index < -0.39 is 17.4 Å². The first-order valence-corrected chi connectivity index (χ1v) is 11.6. The number of aromatic nitrogens is 2. The Hall–Kier alpha value is -3.94. The number of nitrogens with one attached hydrogen (secondary N) is 1. The number of esters is 1. The summed E-state index contributed by atoms with van der Waals surface area (Å²) in [5, 5.41) is 7.30. The molecule has 2 aromatic carbocycles. The molecule has 0 saturated carbocycles. The normalized spacial score (nSPS) is 17.2. The van der Waals surface area contributed by atoms with E-state index >= 15 is 0 Å². The molecule has 1 atom stereocenters. The number of fused-ring (bicyclic) bond motifs is 1. The summed E-state index contributed by atoms with van der Waals surface area (Å²) in [7, 11) is 0. The van der Waals surface area contributed by atoms with Crippen molar-refractivity contribution in [3.63, 3.8) is 0 Å². The van der Waals surface area contributed by atoms with E-state index in [9.17, 15) is 14.4 Å². The van der Waals surface area contributed by atoms with Crippen molar-refractivity contribution in [3.05, 3.63) is 82.2 Å². The first-order valence-electron chi connectivity index (χ1n) is 11.6. The van der Waals surface area contributed by atoms with Crippen molar-refractivity contribution in [1.82, 2.24) is 15.1 Å². The molecule has 0 bridgehead atoms. The quantitative estimate of drug-likeness (QED) is 0.550. The molecule has 0 spiro atoms. The van der Waals surface area contributed by atoms with Crippen LogP contribution in [0.25, 0.3) is 0 Å². The number of aryl methyl sites for hydroxylation is 3. The molecule has 1 aliphatic rings. The first kappa shape index (κ1) is 24.2. The summed E-state index contributed by atoms with van der Waals surface area (Å²) < 4.78 is 6.49. The Balaban J connectivity index is 1.74.